The van der Waals surface area contributed by atoms with E-state index in [4.69, 9.17) is 21.0 Å². The molecule has 9 heteroatoms. The molecule has 0 spiro atoms. The van der Waals surface area contributed by atoms with Crippen molar-refractivity contribution in [2.24, 2.45) is 0 Å². The predicted octanol–water partition coefficient (Wildman–Crippen LogP) is 5.37. The Morgan fingerprint density at radius 1 is 0.900 bits per heavy atom. The lowest BCUT2D eigenvalue weighted by Gasteiger charge is -2.18. The van der Waals surface area contributed by atoms with Gasteiger partial charge in [-0.05, 0) is 66.8 Å². The summed E-state index contributed by atoms with van der Waals surface area (Å²) in [7, 11) is 0. The predicted molar refractivity (Wildman–Crippen MR) is 157 cm³/mol. The van der Waals surface area contributed by atoms with Gasteiger partial charge in [0.25, 0.3) is 11.6 Å². The van der Waals surface area contributed by atoms with E-state index in [0.29, 0.717) is 34.5 Å². The molecule has 0 aliphatic rings. The van der Waals surface area contributed by atoms with Crippen LogP contribution in [-0.4, -0.2) is 24.3 Å². The molecule has 9 nitrogen and oxygen atoms in total. The van der Waals surface area contributed by atoms with Gasteiger partial charge in [0.15, 0.2) is 5.58 Å². The summed E-state index contributed by atoms with van der Waals surface area (Å²) in [4.78, 5) is 22.7. The molecule has 0 radical (unpaired) electrons. The van der Waals surface area contributed by atoms with Gasteiger partial charge in [0.05, 0.1) is 28.5 Å². The third-order valence-corrected chi connectivity index (χ3v) is 7.37. The van der Waals surface area contributed by atoms with Crippen LogP contribution in [0.1, 0.15) is 16.8 Å². The van der Waals surface area contributed by atoms with Gasteiger partial charge in [-0.25, -0.2) is 4.98 Å². The van der Waals surface area contributed by atoms with E-state index in [2.05, 4.69) is 16.0 Å². The molecule has 4 heterocycles. The summed E-state index contributed by atoms with van der Waals surface area (Å²) in [5, 5.41) is 7.32. The standard InChI is InChI=1S/C31H25N7O2/c1-17-6-3-4-9-23(17)38-21(14-19-8-5-7-18(2)26(19)30(38)39)16-37-24-12-13-34-29(32)27(24)28(36-37)20-10-11-25-22(15-20)35-31(33)40-25/h3-15H,16H2,1-2H3,(H2,32,34)(H2,33,35). The first kappa shape index (κ1) is 23.7. The molecule has 0 aliphatic carbocycles. The van der Waals surface area contributed by atoms with Gasteiger partial charge in [0, 0.05) is 17.5 Å². The number of hydrogen-bond acceptors (Lipinski definition) is 7. The van der Waals surface area contributed by atoms with E-state index in [9.17, 15) is 4.79 Å². The van der Waals surface area contributed by atoms with Crippen LogP contribution in [0.15, 0.2) is 88.2 Å². The maximum absolute atomic E-state index is 14.1. The molecule has 7 rings (SSSR count). The number of nitrogens with two attached hydrogens (primary N) is 2. The number of nitrogen functional groups attached to an aromatic ring is 2. The largest absolute Gasteiger partial charge is 0.424 e. The van der Waals surface area contributed by atoms with Gasteiger partial charge in [-0.2, -0.15) is 10.1 Å². The van der Waals surface area contributed by atoms with Crippen molar-refractivity contribution in [1.82, 2.24) is 24.3 Å². The Morgan fingerprint density at radius 3 is 2.58 bits per heavy atom. The highest BCUT2D eigenvalue weighted by molar-refractivity contribution is 6.01. The van der Waals surface area contributed by atoms with E-state index in [1.54, 1.807) is 10.8 Å². The number of pyridine rings is 2. The number of aromatic nitrogens is 5. The van der Waals surface area contributed by atoms with Crippen molar-refractivity contribution >= 4 is 44.6 Å². The lowest BCUT2D eigenvalue weighted by atomic mass is 10.1. The van der Waals surface area contributed by atoms with E-state index in [1.165, 1.54) is 0 Å². The summed E-state index contributed by atoms with van der Waals surface area (Å²) in [6.07, 6.45) is 1.67. The quantitative estimate of drug-likeness (QED) is 0.314. The molecule has 196 valence electrons. The molecular weight excluding hydrogens is 502 g/mol. The summed E-state index contributed by atoms with van der Waals surface area (Å²) in [6.45, 7) is 4.30. The first-order valence-electron chi connectivity index (χ1n) is 12.9. The van der Waals surface area contributed by atoms with Gasteiger partial charge in [-0.3, -0.25) is 14.0 Å². The Morgan fingerprint density at radius 2 is 1.73 bits per heavy atom. The average molecular weight is 528 g/mol. The Kier molecular flexibility index (Phi) is 5.21. The fourth-order valence-corrected chi connectivity index (χ4v) is 5.50. The van der Waals surface area contributed by atoms with Crippen molar-refractivity contribution in [1.29, 1.82) is 0 Å². The molecule has 0 saturated heterocycles. The first-order chi connectivity index (χ1) is 19.4. The zero-order valence-corrected chi connectivity index (χ0v) is 21.9. The number of rotatable bonds is 4. The summed E-state index contributed by atoms with van der Waals surface area (Å²) in [5.41, 5.74) is 19.1. The number of para-hydroxylation sites is 1. The molecule has 0 bridgehead atoms. The minimum Gasteiger partial charge on any atom is -0.424 e. The molecule has 4 aromatic heterocycles. The van der Waals surface area contributed by atoms with Gasteiger partial charge in [0.2, 0.25) is 0 Å². The summed E-state index contributed by atoms with van der Waals surface area (Å²) in [5.74, 6) is 0.365. The molecule has 0 atom stereocenters. The fraction of sp³-hybridized carbons (Fsp3) is 0.0968. The van der Waals surface area contributed by atoms with Gasteiger partial charge in [-0.15, -0.1) is 0 Å². The molecule has 4 N–H and O–H groups in total. The monoisotopic (exact) mass is 527 g/mol. The third-order valence-electron chi connectivity index (χ3n) is 7.37. The van der Waals surface area contributed by atoms with E-state index < -0.39 is 0 Å². The van der Waals surface area contributed by atoms with E-state index in [-0.39, 0.29) is 11.6 Å². The normalized spacial score (nSPS) is 11.7. The van der Waals surface area contributed by atoms with Crippen LogP contribution in [0.25, 0.3) is 49.7 Å². The SMILES string of the molecule is Cc1ccccc1-n1c(Cn2nc(-c3ccc4oc(N)nc4c3)c3c(N)nccc32)cc2cccc(C)c2c1=O. The zero-order chi connectivity index (χ0) is 27.5. The highest BCUT2D eigenvalue weighted by Gasteiger charge is 2.20. The van der Waals surface area contributed by atoms with Crippen molar-refractivity contribution in [3.8, 4) is 16.9 Å². The minimum absolute atomic E-state index is 0.0631. The van der Waals surface area contributed by atoms with Crippen LogP contribution in [0.4, 0.5) is 11.8 Å². The first-order valence-corrected chi connectivity index (χ1v) is 12.9. The Hall–Kier alpha value is -5.44. The maximum atomic E-state index is 14.1. The second-order valence-electron chi connectivity index (χ2n) is 9.93. The highest BCUT2D eigenvalue weighted by atomic mass is 16.4. The average Bonchev–Trinajstić information content (AvgIpc) is 3.49. The molecule has 0 aliphatic heterocycles. The van der Waals surface area contributed by atoms with E-state index in [1.807, 2.05) is 85.3 Å². The van der Waals surface area contributed by atoms with Crippen molar-refractivity contribution in [3.05, 3.63) is 106 Å². The molecule has 7 aromatic rings. The van der Waals surface area contributed by atoms with Gasteiger partial charge >= 0.3 is 0 Å². The Balaban J connectivity index is 1.47. The van der Waals surface area contributed by atoms with Crippen molar-refractivity contribution < 1.29 is 4.42 Å². The Bertz CT molecular complexity index is 2170. The number of fused-ring (bicyclic) bond motifs is 3. The van der Waals surface area contributed by atoms with Gasteiger partial charge in [0.1, 0.15) is 17.0 Å². The molecule has 3 aromatic carbocycles. The minimum atomic E-state index is -0.0631. The van der Waals surface area contributed by atoms with Crippen LogP contribution in [0.2, 0.25) is 0 Å². The number of hydrogen-bond donors (Lipinski definition) is 2. The van der Waals surface area contributed by atoms with Crippen molar-refractivity contribution in [2.45, 2.75) is 20.4 Å². The highest BCUT2D eigenvalue weighted by Crippen LogP contribution is 2.34. The topological polar surface area (TPSA) is 131 Å². The second kappa shape index (κ2) is 8.81. The van der Waals surface area contributed by atoms with Gasteiger partial charge < -0.3 is 15.9 Å². The van der Waals surface area contributed by atoms with E-state index >= 15 is 0 Å². The van der Waals surface area contributed by atoms with Crippen LogP contribution >= 0.6 is 0 Å². The number of aryl methyl sites for hydroxylation is 2. The maximum Gasteiger partial charge on any atom is 0.292 e. The third kappa shape index (κ3) is 3.63. The number of nitrogens with zero attached hydrogens (tertiary/aromatic N) is 5. The molecule has 0 unspecified atom stereocenters. The number of oxazole rings is 1. The summed E-state index contributed by atoms with van der Waals surface area (Å²) < 4.78 is 9.11. The molecule has 0 fully saturated rings. The summed E-state index contributed by atoms with van der Waals surface area (Å²) >= 11 is 0. The number of benzene rings is 3. The van der Waals surface area contributed by atoms with Crippen LogP contribution < -0.4 is 17.0 Å². The molecule has 0 amide bonds. The van der Waals surface area contributed by atoms with Crippen molar-refractivity contribution in [2.75, 3.05) is 11.5 Å². The van der Waals surface area contributed by atoms with Crippen LogP contribution in [0, 0.1) is 13.8 Å². The smallest absolute Gasteiger partial charge is 0.292 e. The van der Waals surface area contributed by atoms with Crippen LogP contribution in [-0.2, 0) is 6.54 Å². The molecular formula is C31H25N7O2. The fourth-order valence-electron chi connectivity index (χ4n) is 5.50. The zero-order valence-electron chi connectivity index (χ0n) is 21.9. The molecule has 40 heavy (non-hydrogen) atoms. The van der Waals surface area contributed by atoms with Crippen LogP contribution in [0.3, 0.4) is 0 Å². The van der Waals surface area contributed by atoms with E-state index in [0.717, 1.165) is 44.4 Å². The Labute approximate surface area is 228 Å². The lowest BCUT2D eigenvalue weighted by molar-refractivity contribution is 0.626. The van der Waals surface area contributed by atoms with Crippen LogP contribution in [0.5, 0.6) is 0 Å². The molecule has 0 saturated carbocycles. The summed E-state index contributed by atoms with van der Waals surface area (Å²) in [6, 6.07) is 23.4. The van der Waals surface area contributed by atoms with Crippen molar-refractivity contribution in [3.63, 3.8) is 0 Å². The number of anilines is 2. The lowest BCUT2D eigenvalue weighted by Crippen LogP contribution is -2.25. The van der Waals surface area contributed by atoms with Gasteiger partial charge in [-0.1, -0.05) is 36.4 Å². The second-order valence-corrected chi connectivity index (χ2v) is 9.93.